The second-order valence-electron chi connectivity index (χ2n) is 5.20. The lowest BCUT2D eigenvalue weighted by atomic mass is 10.1. The normalized spacial score (nSPS) is 20.5. The molecule has 1 aromatic heterocycles. The maximum atomic E-state index is 4.68. The molecule has 1 saturated heterocycles. The van der Waals surface area contributed by atoms with Crippen LogP contribution >= 0.6 is 11.3 Å². The second-order valence-corrected chi connectivity index (χ2v) is 6.04. The van der Waals surface area contributed by atoms with Crippen LogP contribution in [-0.4, -0.2) is 50.2 Å². The maximum Gasteiger partial charge on any atom is 0.185 e. The Bertz CT molecular complexity index is 366. The van der Waals surface area contributed by atoms with Crippen LogP contribution in [0.25, 0.3) is 0 Å². The van der Waals surface area contributed by atoms with E-state index >= 15 is 0 Å². The molecule has 1 N–H and O–H groups in total. The predicted octanol–water partition coefficient (Wildman–Crippen LogP) is 1.64. The van der Waals surface area contributed by atoms with Gasteiger partial charge in [-0.3, -0.25) is 0 Å². The SMILES string of the molecule is CCNCc1csc(N(C)CC2CCN(C)C2)n1. The lowest BCUT2D eigenvalue weighted by Crippen LogP contribution is -2.27. The summed E-state index contributed by atoms with van der Waals surface area (Å²) >= 11 is 1.75. The van der Waals surface area contributed by atoms with Crippen molar-refractivity contribution in [2.24, 2.45) is 5.92 Å². The van der Waals surface area contributed by atoms with Gasteiger partial charge in [0, 0.05) is 32.1 Å². The molecule has 4 nitrogen and oxygen atoms in total. The molecule has 18 heavy (non-hydrogen) atoms. The van der Waals surface area contributed by atoms with Gasteiger partial charge in [-0.15, -0.1) is 11.3 Å². The summed E-state index contributed by atoms with van der Waals surface area (Å²) in [4.78, 5) is 9.40. The van der Waals surface area contributed by atoms with Gasteiger partial charge >= 0.3 is 0 Å². The molecule has 1 aromatic rings. The van der Waals surface area contributed by atoms with Crippen molar-refractivity contribution in [3.05, 3.63) is 11.1 Å². The molecule has 0 saturated carbocycles. The zero-order valence-corrected chi connectivity index (χ0v) is 12.5. The van der Waals surface area contributed by atoms with Gasteiger partial charge in [0.1, 0.15) is 0 Å². The third kappa shape index (κ3) is 3.67. The lowest BCUT2D eigenvalue weighted by molar-refractivity contribution is 0.396. The summed E-state index contributed by atoms with van der Waals surface area (Å²) in [6, 6.07) is 0. The highest BCUT2D eigenvalue weighted by Crippen LogP contribution is 2.22. The largest absolute Gasteiger partial charge is 0.351 e. The summed E-state index contributed by atoms with van der Waals surface area (Å²) in [5, 5.41) is 6.63. The van der Waals surface area contributed by atoms with E-state index in [0.717, 1.165) is 36.4 Å². The summed E-state index contributed by atoms with van der Waals surface area (Å²) in [5.41, 5.74) is 1.16. The molecule has 1 aliphatic rings. The van der Waals surface area contributed by atoms with Gasteiger partial charge in [-0.2, -0.15) is 0 Å². The van der Waals surface area contributed by atoms with Gasteiger partial charge in [0.05, 0.1) is 5.69 Å². The first-order chi connectivity index (χ1) is 8.69. The third-order valence-corrected chi connectivity index (χ3v) is 4.45. The average molecular weight is 268 g/mol. The highest BCUT2D eigenvalue weighted by molar-refractivity contribution is 7.13. The molecule has 0 aliphatic carbocycles. The van der Waals surface area contributed by atoms with Gasteiger partial charge in [0.15, 0.2) is 5.13 Å². The minimum atomic E-state index is 0.793. The Balaban J connectivity index is 1.84. The van der Waals surface area contributed by atoms with E-state index in [0.29, 0.717) is 0 Å². The quantitative estimate of drug-likeness (QED) is 0.850. The summed E-state index contributed by atoms with van der Waals surface area (Å²) in [5.74, 6) is 0.793. The first-order valence-electron chi connectivity index (χ1n) is 6.73. The van der Waals surface area contributed by atoms with E-state index in [9.17, 15) is 0 Å². The van der Waals surface area contributed by atoms with Crippen molar-refractivity contribution in [1.29, 1.82) is 0 Å². The van der Waals surface area contributed by atoms with E-state index in [1.54, 1.807) is 11.3 Å². The smallest absolute Gasteiger partial charge is 0.185 e. The van der Waals surface area contributed by atoms with E-state index in [1.165, 1.54) is 19.5 Å². The van der Waals surface area contributed by atoms with Crippen LogP contribution in [0.15, 0.2) is 5.38 Å². The molecule has 102 valence electrons. The number of nitrogens with one attached hydrogen (secondary N) is 1. The number of anilines is 1. The third-order valence-electron chi connectivity index (χ3n) is 3.44. The van der Waals surface area contributed by atoms with Crippen molar-refractivity contribution in [2.75, 3.05) is 45.2 Å². The van der Waals surface area contributed by atoms with E-state index < -0.39 is 0 Å². The van der Waals surface area contributed by atoms with Crippen molar-refractivity contribution in [3.8, 4) is 0 Å². The van der Waals surface area contributed by atoms with Crippen LogP contribution < -0.4 is 10.2 Å². The topological polar surface area (TPSA) is 31.4 Å². The van der Waals surface area contributed by atoms with Crippen molar-refractivity contribution in [3.63, 3.8) is 0 Å². The summed E-state index contributed by atoms with van der Waals surface area (Å²) < 4.78 is 0. The number of hydrogen-bond acceptors (Lipinski definition) is 5. The molecule has 1 unspecified atom stereocenters. The maximum absolute atomic E-state index is 4.68. The first kappa shape index (κ1) is 13.8. The number of aromatic nitrogens is 1. The van der Waals surface area contributed by atoms with E-state index in [4.69, 9.17) is 0 Å². The molecule has 2 rings (SSSR count). The Hall–Kier alpha value is -0.650. The van der Waals surface area contributed by atoms with Gasteiger partial charge in [-0.1, -0.05) is 6.92 Å². The Morgan fingerprint density at radius 3 is 3.11 bits per heavy atom. The minimum Gasteiger partial charge on any atom is -0.351 e. The molecule has 0 bridgehead atoms. The molecule has 2 heterocycles. The molecule has 1 aliphatic heterocycles. The Morgan fingerprint density at radius 2 is 2.44 bits per heavy atom. The molecule has 0 spiro atoms. The van der Waals surface area contributed by atoms with Crippen LogP contribution in [0.3, 0.4) is 0 Å². The van der Waals surface area contributed by atoms with E-state index in [1.807, 2.05) is 0 Å². The molecule has 0 amide bonds. The van der Waals surface area contributed by atoms with Crippen molar-refractivity contribution in [1.82, 2.24) is 15.2 Å². The summed E-state index contributed by atoms with van der Waals surface area (Å²) in [7, 11) is 4.37. The zero-order chi connectivity index (χ0) is 13.0. The number of thiazole rings is 1. The molecular formula is C13H24N4S. The van der Waals surface area contributed by atoms with Gasteiger partial charge in [-0.25, -0.2) is 4.98 Å². The van der Waals surface area contributed by atoms with Crippen molar-refractivity contribution < 1.29 is 0 Å². The van der Waals surface area contributed by atoms with E-state index in [-0.39, 0.29) is 0 Å². The van der Waals surface area contributed by atoms with Crippen LogP contribution in [0, 0.1) is 5.92 Å². The highest BCUT2D eigenvalue weighted by atomic mass is 32.1. The monoisotopic (exact) mass is 268 g/mol. The fourth-order valence-corrected chi connectivity index (χ4v) is 3.25. The zero-order valence-electron chi connectivity index (χ0n) is 11.6. The van der Waals surface area contributed by atoms with Crippen molar-refractivity contribution in [2.45, 2.75) is 19.9 Å². The Labute approximate surface area is 114 Å². The fraction of sp³-hybridized carbons (Fsp3) is 0.769. The van der Waals surface area contributed by atoms with Gasteiger partial charge in [0.2, 0.25) is 0 Å². The molecule has 5 heteroatoms. The van der Waals surface area contributed by atoms with Crippen molar-refractivity contribution >= 4 is 16.5 Å². The second kappa shape index (κ2) is 6.50. The van der Waals surface area contributed by atoms with Crippen LogP contribution in [0.2, 0.25) is 0 Å². The number of rotatable bonds is 6. The first-order valence-corrected chi connectivity index (χ1v) is 7.61. The molecule has 1 atom stereocenters. The Morgan fingerprint density at radius 1 is 1.61 bits per heavy atom. The van der Waals surface area contributed by atoms with Crippen LogP contribution in [0.1, 0.15) is 19.0 Å². The van der Waals surface area contributed by atoms with Gasteiger partial charge in [0.25, 0.3) is 0 Å². The van der Waals surface area contributed by atoms with Gasteiger partial charge < -0.3 is 15.1 Å². The molecule has 1 fully saturated rings. The Kier molecular flexibility index (Phi) is 4.97. The number of hydrogen-bond donors (Lipinski definition) is 1. The number of likely N-dealkylation sites (tertiary alicyclic amines) is 1. The van der Waals surface area contributed by atoms with Gasteiger partial charge in [-0.05, 0) is 32.5 Å². The lowest BCUT2D eigenvalue weighted by Gasteiger charge is -2.20. The standard InChI is InChI=1S/C13H24N4S/c1-4-14-7-12-10-18-13(15-12)17(3)9-11-5-6-16(2)8-11/h10-11,14H,4-9H2,1-3H3. The van der Waals surface area contributed by atoms with Crippen LogP contribution in [-0.2, 0) is 6.54 Å². The summed E-state index contributed by atoms with van der Waals surface area (Å²) in [6.45, 7) is 7.58. The van der Waals surface area contributed by atoms with Crippen LogP contribution in [0.4, 0.5) is 5.13 Å². The summed E-state index contributed by atoms with van der Waals surface area (Å²) in [6.07, 6.45) is 1.32. The van der Waals surface area contributed by atoms with E-state index in [2.05, 4.69) is 46.5 Å². The minimum absolute atomic E-state index is 0.793. The molecular weight excluding hydrogens is 244 g/mol. The highest BCUT2D eigenvalue weighted by Gasteiger charge is 2.21. The molecule has 0 radical (unpaired) electrons. The fourth-order valence-electron chi connectivity index (χ4n) is 2.45. The number of nitrogens with zero attached hydrogens (tertiary/aromatic N) is 3. The predicted molar refractivity (Wildman–Crippen MR) is 78.4 cm³/mol. The average Bonchev–Trinajstić information content (AvgIpc) is 2.96. The van der Waals surface area contributed by atoms with Crippen LogP contribution in [0.5, 0.6) is 0 Å². The molecule has 0 aromatic carbocycles.